The van der Waals surface area contributed by atoms with Crippen molar-refractivity contribution in [1.82, 2.24) is 9.47 Å². The second-order valence-electron chi connectivity index (χ2n) is 4.15. The average Bonchev–Trinajstić information content (AvgIpc) is 2.38. The zero-order valence-corrected chi connectivity index (χ0v) is 10.5. The second-order valence-corrected chi connectivity index (χ2v) is 4.46. The molecular formula is C12H17ClN2O2. The van der Waals surface area contributed by atoms with E-state index in [1.54, 1.807) is 16.7 Å². The molecule has 4 nitrogen and oxygen atoms in total. The van der Waals surface area contributed by atoms with Crippen LogP contribution in [0.25, 0.3) is 0 Å². The van der Waals surface area contributed by atoms with E-state index in [1.807, 2.05) is 12.3 Å². The van der Waals surface area contributed by atoms with E-state index in [0.29, 0.717) is 19.0 Å². The molecule has 1 aromatic rings. The molecule has 0 radical (unpaired) electrons. The van der Waals surface area contributed by atoms with Gasteiger partial charge in [0.2, 0.25) is 0 Å². The van der Waals surface area contributed by atoms with Crippen molar-refractivity contribution in [1.29, 1.82) is 0 Å². The van der Waals surface area contributed by atoms with Crippen molar-refractivity contribution in [2.45, 2.75) is 12.6 Å². The van der Waals surface area contributed by atoms with Gasteiger partial charge in [-0.3, -0.25) is 9.69 Å². The Morgan fingerprint density at radius 3 is 3.06 bits per heavy atom. The monoisotopic (exact) mass is 256 g/mol. The molecule has 0 aliphatic carbocycles. The van der Waals surface area contributed by atoms with Gasteiger partial charge in [0.15, 0.2) is 0 Å². The molecule has 1 fully saturated rings. The lowest BCUT2D eigenvalue weighted by Crippen LogP contribution is -2.48. The van der Waals surface area contributed by atoms with Crippen LogP contribution in [-0.2, 0) is 11.3 Å². The van der Waals surface area contributed by atoms with Crippen molar-refractivity contribution in [3.63, 3.8) is 0 Å². The van der Waals surface area contributed by atoms with Crippen LogP contribution in [0.1, 0.15) is 0 Å². The van der Waals surface area contributed by atoms with E-state index in [2.05, 4.69) is 4.90 Å². The fraction of sp³-hybridized carbons (Fsp3) is 0.583. The minimum absolute atomic E-state index is 0.0446. The molecule has 1 aliphatic heterocycles. The van der Waals surface area contributed by atoms with E-state index in [9.17, 15) is 4.79 Å². The van der Waals surface area contributed by atoms with Gasteiger partial charge in [0, 0.05) is 43.8 Å². The summed E-state index contributed by atoms with van der Waals surface area (Å²) in [5, 5.41) is 0. The first-order valence-electron chi connectivity index (χ1n) is 5.84. The largest absolute Gasteiger partial charge is 0.378 e. The molecule has 1 aliphatic rings. The molecule has 0 spiro atoms. The number of hydrogen-bond acceptors (Lipinski definition) is 3. The van der Waals surface area contributed by atoms with Crippen LogP contribution in [0, 0.1) is 0 Å². The van der Waals surface area contributed by atoms with Crippen molar-refractivity contribution in [2.24, 2.45) is 0 Å². The van der Waals surface area contributed by atoms with E-state index in [-0.39, 0.29) is 11.6 Å². The van der Waals surface area contributed by atoms with Crippen molar-refractivity contribution in [3.8, 4) is 0 Å². The number of ether oxygens (including phenoxy) is 1. The first-order valence-corrected chi connectivity index (χ1v) is 6.38. The lowest BCUT2D eigenvalue weighted by molar-refractivity contribution is -0.000438. The summed E-state index contributed by atoms with van der Waals surface area (Å²) in [6.07, 6.45) is 1.82. The Morgan fingerprint density at radius 1 is 1.41 bits per heavy atom. The van der Waals surface area contributed by atoms with Crippen LogP contribution < -0.4 is 5.56 Å². The number of aromatic nitrogens is 1. The highest BCUT2D eigenvalue weighted by atomic mass is 35.5. The van der Waals surface area contributed by atoms with Crippen molar-refractivity contribution >= 4 is 11.6 Å². The van der Waals surface area contributed by atoms with Gasteiger partial charge in [-0.2, -0.15) is 0 Å². The summed E-state index contributed by atoms with van der Waals surface area (Å²) in [6.45, 7) is 3.86. The quantitative estimate of drug-likeness (QED) is 0.747. The Labute approximate surface area is 106 Å². The Kier molecular flexibility index (Phi) is 4.59. The third kappa shape index (κ3) is 3.31. The maximum Gasteiger partial charge on any atom is 0.250 e. The number of rotatable bonds is 4. The zero-order chi connectivity index (χ0) is 12.1. The molecule has 0 N–H and O–H groups in total. The first kappa shape index (κ1) is 12.6. The molecule has 5 heteroatoms. The molecule has 17 heavy (non-hydrogen) atoms. The molecule has 0 amide bonds. The number of hydrogen-bond donors (Lipinski definition) is 0. The summed E-state index contributed by atoms with van der Waals surface area (Å²) in [5.74, 6) is 0.573. The lowest BCUT2D eigenvalue weighted by Gasteiger charge is -2.34. The van der Waals surface area contributed by atoms with Gasteiger partial charge in [0.1, 0.15) is 0 Å². The summed E-state index contributed by atoms with van der Waals surface area (Å²) in [6, 6.07) is 5.48. The maximum atomic E-state index is 11.5. The van der Waals surface area contributed by atoms with Crippen molar-refractivity contribution in [2.75, 3.05) is 32.2 Å². The van der Waals surface area contributed by atoms with E-state index in [1.165, 1.54) is 0 Å². The van der Waals surface area contributed by atoms with Gasteiger partial charge < -0.3 is 9.30 Å². The van der Waals surface area contributed by atoms with Gasteiger partial charge in [-0.1, -0.05) is 6.07 Å². The standard InChI is InChI=1S/C12H17ClN2O2/c13-9-11-10-17-8-7-14(11)5-6-15-4-2-1-3-12(15)16/h1-4,11H,5-10H2. The third-order valence-corrected chi connectivity index (χ3v) is 3.41. The highest BCUT2D eigenvalue weighted by Gasteiger charge is 2.21. The van der Waals surface area contributed by atoms with Crippen LogP contribution in [0.5, 0.6) is 0 Å². The SMILES string of the molecule is O=c1ccccn1CCN1CCOCC1CCl. The number of halogens is 1. The molecule has 1 aromatic heterocycles. The molecule has 2 rings (SSSR count). The minimum atomic E-state index is 0.0446. The third-order valence-electron chi connectivity index (χ3n) is 3.05. The molecule has 1 saturated heterocycles. The van der Waals surface area contributed by atoms with E-state index in [4.69, 9.17) is 16.3 Å². The smallest absolute Gasteiger partial charge is 0.250 e. The number of alkyl halides is 1. The van der Waals surface area contributed by atoms with Crippen LogP contribution >= 0.6 is 11.6 Å². The summed E-state index contributed by atoms with van der Waals surface area (Å²) in [5.41, 5.74) is 0.0446. The fourth-order valence-electron chi connectivity index (χ4n) is 2.01. The normalized spacial score (nSPS) is 21.6. The summed E-state index contributed by atoms with van der Waals surface area (Å²) >= 11 is 5.90. The van der Waals surface area contributed by atoms with Gasteiger partial charge in [-0.05, 0) is 6.07 Å². The molecule has 94 valence electrons. The summed E-state index contributed by atoms with van der Waals surface area (Å²) in [4.78, 5) is 13.8. The zero-order valence-electron chi connectivity index (χ0n) is 9.72. The Balaban J connectivity index is 1.93. The Morgan fingerprint density at radius 2 is 2.29 bits per heavy atom. The summed E-state index contributed by atoms with van der Waals surface area (Å²) < 4.78 is 7.11. The van der Waals surface area contributed by atoms with Crippen LogP contribution in [-0.4, -0.2) is 47.7 Å². The minimum Gasteiger partial charge on any atom is -0.378 e. The molecule has 1 atom stereocenters. The van der Waals surface area contributed by atoms with Crippen LogP contribution in [0.15, 0.2) is 29.2 Å². The topological polar surface area (TPSA) is 34.5 Å². The molecule has 0 aromatic carbocycles. The number of nitrogens with zero attached hydrogens (tertiary/aromatic N) is 2. The van der Waals surface area contributed by atoms with Gasteiger partial charge in [-0.15, -0.1) is 11.6 Å². The van der Waals surface area contributed by atoms with Gasteiger partial charge in [-0.25, -0.2) is 0 Å². The van der Waals surface area contributed by atoms with Crippen LogP contribution in [0.4, 0.5) is 0 Å². The van der Waals surface area contributed by atoms with E-state index in [0.717, 1.165) is 19.7 Å². The lowest BCUT2D eigenvalue weighted by atomic mass is 10.2. The number of pyridine rings is 1. The van der Waals surface area contributed by atoms with E-state index < -0.39 is 0 Å². The Bertz CT molecular complexity index is 407. The first-order chi connectivity index (χ1) is 8.31. The van der Waals surface area contributed by atoms with Crippen molar-refractivity contribution in [3.05, 3.63) is 34.7 Å². The summed E-state index contributed by atoms with van der Waals surface area (Å²) in [7, 11) is 0. The molecule has 0 bridgehead atoms. The van der Waals surface area contributed by atoms with Gasteiger partial charge in [0.25, 0.3) is 5.56 Å². The van der Waals surface area contributed by atoms with Gasteiger partial charge >= 0.3 is 0 Å². The Hall–Kier alpha value is -0.840. The van der Waals surface area contributed by atoms with Crippen LogP contribution in [0.3, 0.4) is 0 Å². The van der Waals surface area contributed by atoms with Gasteiger partial charge in [0.05, 0.1) is 13.2 Å². The highest BCUT2D eigenvalue weighted by molar-refractivity contribution is 6.18. The molecule has 1 unspecified atom stereocenters. The predicted octanol–water partition coefficient (Wildman–Crippen LogP) is 0.788. The van der Waals surface area contributed by atoms with Crippen molar-refractivity contribution < 1.29 is 4.74 Å². The predicted molar refractivity (Wildman–Crippen MR) is 67.6 cm³/mol. The molecule has 2 heterocycles. The number of morpholine rings is 1. The molecule has 0 saturated carbocycles. The fourth-order valence-corrected chi connectivity index (χ4v) is 2.29. The van der Waals surface area contributed by atoms with Crippen LogP contribution in [0.2, 0.25) is 0 Å². The second kappa shape index (κ2) is 6.19. The average molecular weight is 257 g/mol. The molecular weight excluding hydrogens is 240 g/mol. The van der Waals surface area contributed by atoms with E-state index >= 15 is 0 Å². The highest BCUT2D eigenvalue weighted by Crippen LogP contribution is 2.08. The maximum absolute atomic E-state index is 11.5.